The Balaban J connectivity index is 1.59. The first-order valence-corrected chi connectivity index (χ1v) is 8.17. The second-order valence-electron chi connectivity index (χ2n) is 6.44. The Morgan fingerprint density at radius 3 is 2.95 bits per heavy atom. The molecule has 2 saturated heterocycles. The molecule has 1 spiro atoms. The van der Waals surface area contributed by atoms with Crippen molar-refractivity contribution < 1.29 is 14.6 Å². The molecule has 3 rings (SSSR count). The molecular formula is C17H24N2O3. The largest absolute Gasteiger partial charge is 0.396 e. The third kappa shape index (κ3) is 3.31. The van der Waals surface area contributed by atoms with E-state index in [1.165, 1.54) is 0 Å². The number of piperidine rings is 1. The fraction of sp³-hybridized carbons (Fsp3) is 0.647. The number of ether oxygens (including phenoxy) is 1. The zero-order valence-corrected chi connectivity index (χ0v) is 12.9. The van der Waals surface area contributed by atoms with Gasteiger partial charge in [-0.3, -0.25) is 9.78 Å². The Morgan fingerprint density at radius 1 is 1.45 bits per heavy atom. The average Bonchev–Trinajstić information content (AvgIpc) is 2.56. The Kier molecular flexibility index (Phi) is 4.74. The highest BCUT2D eigenvalue weighted by molar-refractivity contribution is 5.93. The molecule has 1 aromatic rings. The van der Waals surface area contributed by atoms with Crippen molar-refractivity contribution in [2.45, 2.75) is 37.7 Å². The number of aliphatic hydroxyl groups is 1. The van der Waals surface area contributed by atoms with Gasteiger partial charge in [0.15, 0.2) is 0 Å². The molecule has 2 fully saturated rings. The summed E-state index contributed by atoms with van der Waals surface area (Å²) in [5.74, 6) is 0.616. The van der Waals surface area contributed by atoms with Gasteiger partial charge in [0.05, 0.1) is 11.2 Å². The first-order chi connectivity index (χ1) is 10.7. The van der Waals surface area contributed by atoms with E-state index in [1.807, 2.05) is 11.0 Å². The predicted octanol–water partition coefficient (Wildman–Crippen LogP) is 1.87. The summed E-state index contributed by atoms with van der Waals surface area (Å²) in [6.45, 7) is 2.51. The minimum Gasteiger partial charge on any atom is -0.396 e. The topological polar surface area (TPSA) is 62.7 Å². The number of rotatable bonds is 3. The molecule has 2 aliphatic heterocycles. The van der Waals surface area contributed by atoms with Crippen molar-refractivity contribution >= 4 is 5.91 Å². The number of hydrogen-bond acceptors (Lipinski definition) is 4. The van der Waals surface area contributed by atoms with Crippen LogP contribution in [0, 0.1) is 5.92 Å². The molecule has 120 valence electrons. The molecule has 2 aliphatic rings. The van der Waals surface area contributed by atoms with Gasteiger partial charge in [0.2, 0.25) is 0 Å². The normalized spacial score (nSPS) is 24.4. The molecule has 22 heavy (non-hydrogen) atoms. The fourth-order valence-corrected chi connectivity index (χ4v) is 3.70. The lowest BCUT2D eigenvalue weighted by Crippen LogP contribution is -2.50. The number of amides is 1. The van der Waals surface area contributed by atoms with Gasteiger partial charge in [-0.15, -0.1) is 0 Å². The van der Waals surface area contributed by atoms with Crippen LogP contribution in [-0.2, 0) is 4.74 Å². The Hall–Kier alpha value is -1.46. The minimum absolute atomic E-state index is 0.0608. The van der Waals surface area contributed by atoms with Crippen LogP contribution < -0.4 is 0 Å². The Labute approximate surface area is 131 Å². The monoisotopic (exact) mass is 304 g/mol. The highest BCUT2D eigenvalue weighted by atomic mass is 16.5. The van der Waals surface area contributed by atoms with Crippen molar-refractivity contribution in [3.05, 3.63) is 30.1 Å². The molecule has 1 N–H and O–H groups in total. The number of carbonyl (C=O) groups excluding carboxylic acids is 1. The molecule has 1 atom stereocenters. The maximum Gasteiger partial charge on any atom is 0.255 e. The van der Waals surface area contributed by atoms with E-state index in [0.29, 0.717) is 11.5 Å². The van der Waals surface area contributed by atoms with Crippen LogP contribution in [0.4, 0.5) is 0 Å². The van der Waals surface area contributed by atoms with Crippen LogP contribution in [0.1, 0.15) is 42.5 Å². The molecule has 1 amide bonds. The van der Waals surface area contributed by atoms with Crippen LogP contribution >= 0.6 is 0 Å². The lowest BCUT2D eigenvalue weighted by Gasteiger charge is -2.46. The van der Waals surface area contributed by atoms with Gasteiger partial charge in [-0.1, -0.05) is 0 Å². The summed E-state index contributed by atoms with van der Waals surface area (Å²) in [5.41, 5.74) is 0.574. The maximum absolute atomic E-state index is 12.4. The number of aliphatic hydroxyl groups excluding tert-OH is 1. The van der Waals surface area contributed by atoms with Crippen molar-refractivity contribution in [2.24, 2.45) is 5.92 Å². The summed E-state index contributed by atoms with van der Waals surface area (Å²) in [5, 5.41) is 9.15. The first kappa shape index (κ1) is 15.4. The maximum atomic E-state index is 12.4. The molecule has 1 unspecified atom stereocenters. The molecule has 0 radical (unpaired) electrons. The average molecular weight is 304 g/mol. The standard InChI is InChI=1S/C17H24N2O3/c20-10-3-14-4-11-22-17(12-14)5-8-19(9-6-17)16(21)15-2-1-7-18-13-15/h1-2,7,13-14,20H,3-6,8-12H2. The number of pyridine rings is 1. The SMILES string of the molecule is O=C(c1cccnc1)N1CCC2(CC1)CC(CCO)CCO2. The third-order valence-electron chi connectivity index (χ3n) is 5.00. The molecule has 0 saturated carbocycles. The quantitative estimate of drug-likeness (QED) is 0.926. The zero-order chi connectivity index (χ0) is 15.4. The van der Waals surface area contributed by atoms with E-state index in [2.05, 4.69) is 4.98 Å². The van der Waals surface area contributed by atoms with Gasteiger partial charge >= 0.3 is 0 Å². The molecule has 5 heteroatoms. The van der Waals surface area contributed by atoms with Crippen molar-refractivity contribution in [3.8, 4) is 0 Å². The van der Waals surface area contributed by atoms with E-state index < -0.39 is 0 Å². The molecule has 1 aromatic heterocycles. The molecule has 0 bridgehead atoms. The molecule has 0 aromatic carbocycles. The van der Waals surface area contributed by atoms with Gasteiger partial charge in [0.1, 0.15) is 0 Å². The number of likely N-dealkylation sites (tertiary alicyclic amines) is 1. The van der Waals surface area contributed by atoms with Crippen LogP contribution in [0.3, 0.4) is 0 Å². The summed E-state index contributed by atoms with van der Waals surface area (Å²) in [6, 6.07) is 3.61. The molecule has 3 heterocycles. The van der Waals surface area contributed by atoms with Gasteiger partial charge in [-0.05, 0) is 50.2 Å². The highest BCUT2D eigenvalue weighted by Gasteiger charge is 2.40. The Morgan fingerprint density at radius 2 is 2.27 bits per heavy atom. The van der Waals surface area contributed by atoms with E-state index in [0.717, 1.165) is 51.8 Å². The second-order valence-corrected chi connectivity index (χ2v) is 6.44. The first-order valence-electron chi connectivity index (χ1n) is 8.17. The van der Waals surface area contributed by atoms with Crippen molar-refractivity contribution in [2.75, 3.05) is 26.3 Å². The van der Waals surface area contributed by atoms with Crippen LogP contribution in [0.5, 0.6) is 0 Å². The van der Waals surface area contributed by atoms with Gasteiger partial charge in [-0.25, -0.2) is 0 Å². The van der Waals surface area contributed by atoms with E-state index in [9.17, 15) is 4.79 Å². The van der Waals surface area contributed by atoms with Crippen LogP contribution in [0.2, 0.25) is 0 Å². The fourth-order valence-electron chi connectivity index (χ4n) is 3.70. The van der Waals surface area contributed by atoms with Crippen molar-refractivity contribution in [1.82, 2.24) is 9.88 Å². The van der Waals surface area contributed by atoms with Gasteiger partial charge in [-0.2, -0.15) is 0 Å². The van der Waals surface area contributed by atoms with Crippen molar-refractivity contribution in [3.63, 3.8) is 0 Å². The summed E-state index contributed by atoms with van der Waals surface area (Å²) in [4.78, 5) is 18.4. The van der Waals surface area contributed by atoms with E-state index in [4.69, 9.17) is 9.84 Å². The minimum atomic E-state index is -0.0796. The van der Waals surface area contributed by atoms with Gasteiger partial charge < -0.3 is 14.7 Å². The molecule has 5 nitrogen and oxygen atoms in total. The van der Waals surface area contributed by atoms with Crippen molar-refractivity contribution in [1.29, 1.82) is 0 Å². The van der Waals surface area contributed by atoms with Crippen LogP contribution in [-0.4, -0.2) is 52.8 Å². The summed E-state index contributed by atoms with van der Waals surface area (Å²) >= 11 is 0. The smallest absolute Gasteiger partial charge is 0.255 e. The summed E-state index contributed by atoms with van der Waals surface area (Å²) in [7, 11) is 0. The Bertz CT molecular complexity index is 496. The number of aromatic nitrogens is 1. The van der Waals surface area contributed by atoms with E-state index >= 15 is 0 Å². The molecular weight excluding hydrogens is 280 g/mol. The highest BCUT2D eigenvalue weighted by Crippen LogP contribution is 2.38. The summed E-state index contributed by atoms with van der Waals surface area (Å²) < 4.78 is 6.08. The predicted molar refractivity (Wildman–Crippen MR) is 82.5 cm³/mol. The second kappa shape index (κ2) is 6.75. The zero-order valence-electron chi connectivity index (χ0n) is 12.9. The molecule has 0 aliphatic carbocycles. The number of nitrogens with zero attached hydrogens (tertiary/aromatic N) is 2. The number of carbonyl (C=O) groups is 1. The van der Waals surface area contributed by atoms with E-state index in [-0.39, 0.29) is 18.1 Å². The lowest BCUT2D eigenvalue weighted by molar-refractivity contribution is -0.125. The lowest BCUT2D eigenvalue weighted by atomic mass is 9.78. The van der Waals surface area contributed by atoms with Crippen LogP contribution in [0.25, 0.3) is 0 Å². The summed E-state index contributed by atoms with van der Waals surface area (Å²) in [6.07, 6.45) is 8.01. The van der Waals surface area contributed by atoms with Gasteiger partial charge in [0, 0.05) is 38.7 Å². The van der Waals surface area contributed by atoms with E-state index in [1.54, 1.807) is 18.5 Å². The third-order valence-corrected chi connectivity index (χ3v) is 5.00. The number of hydrogen-bond donors (Lipinski definition) is 1. The van der Waals surface area contributed by atoms with Crippen LogP contribution in [0.15, 0.2) is 24.5 Å². The van der Waals surface area contributed by atoms with Gasteiger partial charge in [0.25, 0.3) is 5.91 Å².